The minimum Gasteiger partial charge on any atom is -0.355 e. The molecule has 1 aromatic heterocycles. The molecule has 2 amide bonds. The average Bonchev–Trinajstić information content (AvgIpc) is 2.76. The minimum atomic E-state index is -0.0834. The molecule has 0 bridgehead atoms. The van der Waals surface area contributed by atoms with Gasteiger partial charge in [-0.15, -0.1) is 0 Å². The molecule has 0 saturated carbocycles. The number of aromatic nitrogens is 1. The van der Waals surface area contributed by atoms with Gasteiger partial charge in [-0.1, -0.05) is 26.0 Å². The summed E-state index contributed by atoms with van der Waals surface area (Å²) in [6.45, 7) is 6.94. The lowest BCUT2D eigenvalue weighted by Gasteiger charge is -2.26. The zero-order valence-electron chi connectivity index (χ0n) is 20.3. The summed E-state index contributed by atoms with van der Waals surface area (Å²) in [5.41, 5.74) is 3.90. The molecule has 0 radical (unpaired) electrons. The quantitative estimate of drug-likeness (QED) is 0.563. The Hall–Kier alpha value is -2.73. The van der Waals surface area contributed by atoms with Crippen molar-refractivity contribution < 1.29 is 9.59 Å². The molecule has 0 fully saturated rings. The molecule has 0 aliphatic carbocycles. The number of carbonyl (C=O) groups excluding carboxylic acids is 2. The summed E-state index contributed by atoms with van der Waals surface area (Å²) >= 11 is 0. The summed E-state index contributed by atoms with van der Waals surface area (Å²) in [6, 6.07) is 11.8. The van der Waals surface area contributed by atoms with Gasteiger partial charge in [-0.25, -0.2) is 0 Å². The molecule has 174 valence electrons. The molecule has 32 heavy (non-hydrogen) atoms. The highest BCUT2D eigenvalue weighted by Gasteiger charge is 2.20. The van der Waals surface area contributed by atoms with Crippen LogP contribution >= 0.6 is 0 Å². The van der Waals surface area contributed by atoms with Gasteiger partial charge in [0.05, 0.1) is 0 Å². The van der Waals surface area contributed by atoms with Crippen LogP contribution in [0.25, 0.3) is 0 Å². The van der Waals surface area contributed by atoms with Crippen molar-refractivity contribution in [2.45, 2.75) is 52.0 Å². The first-order valence-electron chi connectivity index (χ1n) is 11.4. The molecule has 2 rings (SSSR count). The van der Waals surface area contributed by atoms with Gasteiger partial charge in [-0.2, -0.15) is 0 Å². The van der Waals surface area contributed by atoms with E-state index in [-0.39, 0.29) is 23.8 Å². The van der Waals surface area contributed by atoms with Crippen LogP contribution in [0.2, 0.25) is 0 Å². The second kappa shape index (κ2) is 12.3. The topological polar surface area (TPSA) is 74.3 Å². The van der Waals surface area contributed by atoms with Crippen LogP contribution in [0.5, 0.6) is 0 Å². The molecule has 0 saturated heterocycles. The van der Waals surface area contributed by atoms with Crippen molar-refractivity contribution in [3.8, 4) is 0 Å². The smallest absolute Gasteiger partial charge is 0.251 e. The molecule has 1 aromatic carbocycles. The van der Waals surface area contributed by atoms with Crippen LogP contribution in [-0.2, 0) is 11.2 Å². The Labute approximate surface area is 192 Å². The van der Waals surface area contributed by atoms with Gasteiger partial charge in [0.2, 0.25) is 5.91 Å². The van der Waals surface area contributed by atoms with Crippen molar-refractivity contribution in [3.05, 3.63) is 65.0 Å². The number of nitrogens with zero attached hydrogens (tertiary/aromatic N) is 2. The first-order valence-corrected chi connectivity index (χ1v) is 11.4. The maximum absolute atomic E-state index is 12.8. The largest absolute Gasteiger partial charge is 0.355 e. The van der Waals surface area contributed by atoms with Crippen LogP contribution in [0.4, 0.5) is 0 Å². The molecule has 2 atom stereocenters. The molecular weight excluding hydrogens is 400 g/mol. The van der Waals surface area contributed by atoms with Gasteiger partial charge >= 0.3 is 0 Å². The second-order valence-corrected chi connectivity index (χ2v) is 9.13. The van der Waals surface area contributed by atoms with Crippen LogP contribution < -0.4 is 10.6 Å². The third-order valence-electron chi connectivity index (χ3n) is 5.85. The number of nitrogens with one attached hydrogen (secondary N) is 2. The zero-order valence-corrected chi connectivity index (χ0v) is 20.3. The number of carbonyl (C=O) groups is 2. The molecule has 0 aliphatic heterocycles. The van der Waals surface area contributed by atoms with Crippen molar-refractivity contribution in [1.29, 1.82) is 0 Å². The molecule has 1 heterocycles. The summed E-state index contributed by atoms with van der Waals surface area (Å²) in [7, 11) is 5.69. The summed E-state index contributed by atoms with van der Waals surface area (Å²) in [4.78, 5) is 31.3. The Kier molecular flexibility index (Phi) is 9.85. The summed E-state index contributed by atoms with van der Waals surface area (Å²) < 4.78 is 0. The van der Waals surface area contributed by atoms with Gasteiger partial charge < -0.3 is 15.5 Å². The lowest BCUT2D eigenvalue weighted by atomic mass is 9.90. The van der Waals surface area contributed by atoms with E-state index in [0.29, 0.717) is 24.4 Å². The number of hydrogen-bond acceptors (Lipinski definition) is 4. The van der Waals surface area contributed by atoms with Crippen LogP contribution in [0.15, 0.2) is 42.6 Å². The Bertz CT molecular complexity index is 881. The number of likely N-dealkylation sites (N-methyl/N-ethyl adjacent to an activating group) is 1. The van der Waals surface area contributed by atoms with E-state index in [9.17, 15) is 9.59 Å². The standard InChI is InChI=1S/C26H38N4O2/c1-18(2)13-22(24-9-7-8-12-28-24)16-25(31)29-17-23(30(5)6)15-20-10-11-21(14-19(20)3)26(32)27-4/h7-12,14,18,22-23H,13,15-17H2,1-6H3,(H,27,32)(H,29,31)/t22-,23-/m0/s1. The molecule has 6 nitrogen and oxygen atoms in total. The Morgan fingerprint density at radius 3 is 2.44 bits per heavy atom. The third kappa shape index (κ3) is 7.75. The van der Waals surface area contributed by atoms with Gasteiger partial charge in [-0.05, 0) is 75.2 Å². The number of aryl methyl sites for hydroxylation is 1. The molecule has 6 heteroatoms. The van der Waals surface area contributed by atoms with Gasteiger partial charge in [0.25, 0.3) is 5.91 Å². The number of amides is 2. The van der Waals surface area contributed by atoms with Crippen LogP contribution in [0.1, 0.15) is 59.8 Å². The van der Waals surface area contributed by atoms with Crippen molar-refractivity contribution in [2.75, 3.05) is 27.7 Å². The zero-order chi connectivity index (χ0) is 23.7. The maximum atomic E-state index is 12.8. The van der Waals surface area contributed by atoms with Crippen molar-refractivity contribution in [2.24, 2.45) is 5.92 Å². The van der Waals surface area contributed by atoms with Crippen LogP contribution in [0.3, 0.4) is 0 Å². The van der Waals surface area contributed by atoms with E-state index in [1.54, 1.807) is 13.2 Å². The molecule has 2 N–H and O–H groups in total. The van der Waals surface area contributed by atoms with Crippen LogP contribution in [0, 0.1) is 12.8 Å². The maximum Gasteiger partial charge on any atom is 0.251 e. The number of benzene rings is 1. The van der Waals surface area contributed by atoms with Crippen molar-refractivity contribution in [1.82, 2.24) is 20.5 Å². The molecule has 0 aliphatic rings. The molecular formula is C26H38N4O2. The van der Waals surface area contributed by atoms with Crippen molar-refractivity contribution in [3.63, 3.8) is 0 Å². The van der Waals surface area contributed by atoms with E-state index < -0.39 is 0 Å². The number of rotatable bonds is 11. The molecule has 0 spiro atoms. The highest BCUT2D eigenvalue weighted by atomic mass is 16.2. The lowest BCUT2D eigenvalue weighted by molar-refractivity contribution is -0.121. The van der Waals surface area contributed by atoms with E-state index in [2.05, 4.69) is 34.4 Å². The van der Waals surface area contributed by atoms with Crippen molar-refractivity contribution >= 4 is 11.8 Å². The fraction of sp³-hybridized carbons (Fsp3) is 0.500. The fourth-order valence-electron chi connectivity index (χ4n) is 3.92. The first-order chi connectivity index (χ1) is 15.2. The first kappa shape index (κ1) is 25.5. The number of hydrogen-bond donors (Lipinski definition) is 2. The normalized spacial score (nSPS) is 13.1. The average molecular weight is 439 g/mol. The SMILES string of the molecule is CNC(=O)c1ccc(C[C@@H](CNC(=O)C[C@H](CC(C)C)c2ccccn2)N(C)C)c(C)c1. The Morgan fingerprint density at radius 2 is 1.88 bits per heavy atom. The van der Waals surface area contributed by atoms with E-state index in [0.717, 1.165) is 24.1 Å². The summed E-state index contributed by atoms with van der Waals surface area (Å²) in [6.07, 6.45) is 3.96. The predicted octanol–water partition coefficient (Wildman–Crippen LogP) is 3.56. The van der Waals surface area contributed by atoms with Crippen LogP contribution in [-0.4, -0.2) is 55.4 Å². The Morgan fingerprint density at radius 1 is 1.12 bits per heavy atom. The van der Waals surface area contributed by atoms with Gasteiger partial charge in [0.1, 0.15) is 0 Å². The molecule has 0 unspecified atom stereocenters. The van der Waals surface area contributed by atoms with Gasteiger partial charge in [0.15, 0.2) is 0 Å². The molecule has 2 aromatic rings. The lowest BCUT2D eigenvalue weighted by Crippen LogP contribution is -2.42. The summed E-state index contributed by atoms with van der Waals surface area (Å²) in [5.74, 6) is 0.582. The number of pyridine rings is 1. The fourth-order valence-corrected chi connectivity index (χ4v) is 3.92. The van der Waals surface area contributed by atoms with E-state index in [1.165, 1.54) is 5.56 Å². The van der Waals surface area contributed by atoms with E-state index in [1.807, 2.05) is 57.4 Å². The second-order valence-electron chi connectivity index (χ2n) is 9.13. The monoisotopic (exact) mass is 438 g/mol. The van der Waals surface area contributed by atoms with Gasteiger partial charge in [0, 0.05) is 49.4 Å². The summed E-state index contributed by atoms with van der Waals surface area (Å²) in [5, 5.41) is 5.80. The highest BCUT2D eigenvalue weighted by molar-refractivity contribution is 5.94. The highest BCUT2D eigenvalue weighted by Crippen LogP contribution is 2.25. The predicted molar refractivity (Wildman–Crippen MR) is 130 cm³/mol. The Balaban J connectivity index is 2.01. The van der Waals surface area contributed by atoms with Gasteiger partial charge in [-0.3, -0.25) is 14.6 Å². The minimum absolute atomic E-state index is 0.0554. The van der Waals surface area contributed by atoms with E-state index >= 15 is 0 Å². The third-order valence-corrected chi connectivity index (χ3v) is 5.85. The van der Waals surface area contributed by atoms with E-state index in [4.69, 9.17) is 0 Å².